The molecule has 0 aliphatic rings. The Morgan fingerprint density at radius 2 is 2.33 bits per heavy atom. The van der Waals surface area contributed by atoms with Crippen molar-refractivity contribution in [1.29, 1.82) is 0 Å². The van der Waals surface area contributed by atoms with Gasteiger partial charge in [0.1, 0.15) is 0 Å². The summed E-state index contributed by atoms with van der Waals surface area (Å²) in [5.74, 6) is 6.36. The van der Waals surface area contributed by atoms with Gasteiger partial charge in [0.25, 0.3) is 5.91 Å². The Bertz CT molecular complexity index is 683. The number of hydrogen-bond donors (Lipinski definition) is 2. The second-order valence-corrected chi connectivity index (χ2v) is 4.27. The number of nitrogens with one attached hydrogen (secondary N) is 1. The van der Waals surface area contributed by atoms with Crippen LogP contribution in [0.4, 0.5) is 0 Å². The molecule has 0 saturated heterocycles. The van der Waals surface area contributed by atoms with Crippen LogP contribution < -0.4 is 5.32 Å². The van der Waals surface area contributed by atoms with E-state index in [1.807, 2.05) is 6.07 Å². The highest BCUT2D eigenvalue weighted by Gasteiger charge is 2.08. The molecular formula is C15H15N3O3. The van der Waals surface area contributed by atoms with Crippen LogP contribution in [0.2, 0.25) is 0 Å². The van der Waals surface area contributed by atoms with E-state index in [9.17, 15) is 4.79 Å². The zero-order valence-corrected chi connectivity index (χ0v) is 11.6. The van der Waals surface area contributed by atoms with Gasteiger partial charge in [-0.25, -0.2) is 0 Å². The van der Waals surface area contributed by atoms with E-state index in [0.717, 1.165) is 5.56 Å². The highest BCUT2D eigenvalue weighted by Crippen LogP contribution is 2.05. The molecule has 1 aromatic heterocycles. The monoisotopic (exact) mass is 285 g/mol. The van der Waals surface area contributed by atoms with E-state index in [-0.39, 0.29) is 19.1 Å². The summed E-state index contributed by atoms with van der Waals surface area (Å²) in [5, 5.41) is 15.1. The van der Waals surface area contributed by atoms with Gasteiger partial charge in [-0.2, -0.15) is 4.98 Å². The Hall–Kier alpha value is -2.65. The van der Waals surface area contributed by atoms with Crippen molar-refractivity contribution in [3.05, 3.63) is 47.1 Å². The fraction of sp³-hybridized carbons (Fsp3) is 0.267. The molecule has 0 radical (unpaired) electrons. The first-order valence-corrected chi connectivity index (χ1v) is 6.46. The van der Waals surface area contributed by atoms with E-state index < -0.39 is 0 Å². The van der Waals surface area contributed by atoms with Crippen LogP contribution in [0.1, 0.15) is 34.1 Å². The second-order valence-electron chi connectivity index (χ2n) is 4.27. The van der Waals surface area contributed by atoms with Gasteiger partial charge >= 0.3 is 0 Å². The van der Waals surface area contributed by atoms with Gasteiger partial charge in [-0.15, -0.1) is 0 Å². The summed E-state index contributed by atoms with van der Waals surface area (Å²) in [6, 6.07) is 6.97. The minimum absolute atomic E-state index is 0.0251. The smallest absolute Gasteiger partial charge is 0.251 e. The number of aromatic nitrogens is 2. The Labute approximate surface area is 122 Å². The van der Waals surface area contributed by atoms with Gasteiger partial charge in [-0.05, 0) is 18.2 Å². The molecule has 0 saturated carbocycles. The second kappa shape index (κ2) is 7.22. The number of benzene rings is 1. The summed E-state index contributed by atoms with van der Waals surface area (Å²) in [6.45, 7) is 1.92. The molecule has 2 rings (SSSR count). The molecule has 0 aliphatic heterocycles. The van der Waals surface area contributed by atoms with Crippen LogP contribution in [0.3, 0.4) is 0 Å². The third-order valence-corrected chi connectivity index (χ3v) is 2.57. The van der Waals surface area contributed by atoms with E-state index in [2.05, 4.69) is 27.3 Å². The largest absolute Gasteiger partial charge is 0.395 e. The first-order valence-electron chi connectivity index (χ1n) is 6.46. The standard InChI is InChI=1S/C15H15N3O3/c1-11-17-14(18-21-11)10-16-15(20)13-7-4-6-12(9-13)5-2-3-8-19/h4,6-7,9,19H,3,8,10H2,1H3,(H,16,20). The molecule has 2 N–H and O–H groups in total. The molecule has 0 atom stereocenters. The lowest BCUT2D eigenvalue weighted by Gasteiger charge is -2.02. The molecular weight excluding hydrogens is 270 g/mol. The Morgan fingerprint density at radius 1 is 1.48 bits per heavy atom. The van der Waals surface area contributed by atoms with Crippen molar-refractivity contribution in [2.24, 2.45) is 0 Å². The summed E-state index contributed by atoms with van der Waals surface area (Å²) in [7, 11) is 0. The highest BCUT2D eigenvalue weighted by molar-refractivity contribution is 5.94. The fourth-order valence-electron chi connectivity index (χ4n) is 1.63. The molecule has 1 heterocycles. The molecule has 0 fully saturated rings. The van der Waals surface area contributed by atoms with Crippen molar-refractivity contribution in [1.82, 2.24) is 15.5 Å². The van der Waals surface area contributed by atoms with Crippen LogP contribution in [0.5, 0.6) is 0 Å². The van der Waals surface area contributed by atoms with E-state index in [1.54, 1.807) is 25.1 Å². The lowest BCUT2D eigenvalue weighted by molar-refractivity contribution is 0.0949. The van der Waals surface area contributed by atoms with Crippen molar-refractivity contribution in [3.8, 4) is 11.8 Å². The van der Waals surface area contributed by atoms with Crippen molar-refractivity contribution in [3.63, 3.8) is 0 Å². The SMILES string of the molecule is Cc1nc(CNC(=O)c2cccc(C#CCCO)c2)no1. The molecule has 108 valence electrons. The lowest BCUT2D eigenvalue weighted by atomic mass is 10.1. The number of hydrogen-bond acceptors (Lipinski definition) is 5. The summed E-state index contributed by atoms with van der Waals surface area (Å²) in [4.78, 5) is 16.0. The molecule has 0 unspecified atom stereocenters. The molecule has 0 spiro atoms. The molecule has 6 heteroatoms. The number of carbonyl (C=O) groups is 1. The van der Waals surface area contributed by atoms with Gasteiger partial charge in [0.2, 0.25) is 5.89 Å². The normalized spacial score (nSPS) is 9.81. The summed E-state index contributed by atoms with van der Waals surface area (Å²) < 4.78 is 4.83. The van der Waals surface area contributed by atoms with Crippen molar-refractivity contribution < 1.29 is 14.4 Å². The number of amides is 1. The lowest BCUT2D eigenvalue weighted by Crippen LogP contribution is -2.23. The first-order chi connectivity index (χ1) is 10.2. The van der Waals surface area contributed by atoms with Crippen molar-refractivity contribution in [2.75, 3.05) is 6.61 Å². The van der Waals surface area contributed by atoms with Gasteiger partial charge in [-0.3, -0.25) is 4.79 Å². The highest BCUT2D eigenvalue weighted by atomic mass is 16.5. The van der Waals surface area contributed by atoms with Crippen LogP contribution in [-0.4, -0.2) is 27.8 Å². The van der Waals surface area contributed by atoms with Gasteiger partial charge < -0.3 is 14.9 Å². The molecule has 0 aliphatic carbocycles. The van der Waals surface area contributed by atoms with Crippen LogP contribution in [0.15, 0.2) is 28.8 Å². The average Bonchev–Trinajstić information content (AvgIpc) is 2.91. The van der Waals surface area contributed by atoms with Gasteiger partial charge in [0.15, 0.2) is 5.82 Å². The van der Waals surface area contributed by atoms with Crippen LogP contribution >= 0.6 is 0 Å². The quantitative estimate of drug-likeness (QED) is 0.819. The van der Waals surface area contributed by atoms with E-state index >= 15 is 0 Å². The number of aliphatic hydroxyl groups excluding tert-OH is 1. The van der Waals surface area contributed by atoms with Gasteiger partial charge in [0, 0.05) is 24.5 Å². The zero-order chi connectivity index (χ0) is 15.1. The molecule has 2 aromatic rings. The topological polar surface area (TPSA) is 88.2 Å². The molecule has 0 bridgehead atoms. The molecule has 1 aromatic carbocycles. The average molecular weight is 285 g/mol. The summed E-state index contributed by atoms with van der Waals surface area (Å²) in [5.41, 5.74) is 1.23. The van der Waals surface area contributed by atoms with Crippen molar-refractivity contribution >= 4 is 5.91 Å². The van der Waals surface area contributed by atoms with Crippen LogP contribution in [0.25, 0.3) is 0 Å². The maximum Gasteiger partial charge on any atom is 0.251 e. The Kier molecular flexibility index (Phi) is 5.07. The minimum Gasteiger partial charge on any atom is -0.395 e. The van der Waals surface area contributed by atoms with Gasteiger partial charge in [0.05, 0.1) is 13.2 Å². The number of aliphatic hydroxyl groups is 1. The van der Waals surface area contributed by atoms with Gasteiger partial charge in [-0.1, -0.05) is 23.1 Å². The molecule has 1 amide bonds. The maximum atomic E-state index is 12.0. The van der Waals surface area contributed by atoms with E-state index in [4.69, 9.17) is 9.63 Å². The minimum atomic E-state index is -0.233. The predicted molar refractivity (Wildman–Crippen MR) is 75.2 cm³/mol. The first kappa shape index (κ1) is 14.8. The Balaban J connectivity index is 1.99. The number of carbonyl (C=O) groups excluding carboxylic acids is 1. The van der Waals surface area contributed by atoms with E-state index in [1.165, 1.54) is 0 Å². The number of rotatable bonds is 4. The third kappa shape index (κ3) is 4.44. The Morgan fingerprint density at radius 3 is 3.05 bits per heavy atom. The van der Waals surface area contributed by atoms with Crippen molar-refractivity contribution in [2.45, 2.75) is 19.9 Å². The van der Waals surface area contributed by atoms with E-state index in [0.29, 0.717) is 23.7 Å². The molecule has 6 nitrogen and oxygen atoms in total. The number of aryl methyl sites for hydroxylation is 1. The summed E-state index contributed by atoms with van der Waals surface area (Å²) in [6.07, 6.45) is 0.410. The fourth-order valence-corrected chi connectivity index (χ4v) is 1.63. The van der Waals surface area contributed by atoms with Crippen LogP contribution in [-0.2, 0) is 6.54 Å². The third-order valence-electron chi connectivity index (χ3n) is 2.57. The molecule has 21 heavy (non-hydrogen) atoms. The summed E-state index contributed by atoms with van der Waals surface area (Å²) >= 11 is 0. The predicted octanol–water partition coefficient (Wildman–Crippen LogP) is 1.04. The number of nitrogens with zero attached hydrogens (tertiary/aromatic N) is 2. The van der Waals surface area contributed by atoms with Crippen LogP contribution in [0, 0.1) is 18.8 Å². The zero-order valence-electron chi connectivity index (χ0n) is 11.6. The maximum absolute atomic E-state index is 12.0.